The Morgan fingerprint density at radius 2 is 1.67 bits per heavy atom. The molecule has 1 N–H and O–H groups in total. The maximum Gasteiger partial charge on any atom is 0.227 e. The maximum atomic E-state index is 14.7. The molecule has 1 heterocycles. The minimum absolute atomic E-state index is 0.0502. The largest absolute Gasteiger partial charge is 0.324 e. The highest BCUT2D eigenvalue weighted by Gasteiger charge is 2.28. The van der Waals surface area contributed by atoms with E-state index in [2.05, 4.69) is 65.4 Å². The lowest BCUT2D eigenvalue weighted by Crippen LogP contribution is -2.26. The van der Waals surface area contributed by atoms with Crippen molar-refractivity contribution in [2.75, 3.05) is 25.0 Å². The number of hydrogen-bond donors (Lipinski definition) is 1. The second-order valence-corrected chi connectivity index (χ2v) is 9.44. The Kier molecular flexibility index (Phi) is 7.38. The van der Waals surface area contributed by atoms with E-state index in [0.717, 1.165) is 59.7 Å². The smallest absolute Gasteiger partial charge is 0.227 e. The number of hydrogen-bond acceptors (Lipinski definition) is 4. The Bertz CT molecular complexity index is 1320. The van der Waals surface area contributed by atoms with E-state index in [1.165, 1.54) is 18.1 Å². The van der Waals surface area contributed by atoms with E-state index in [1.807, 2.05) is 30.5 Å². The van der Waals surface area contributed by atoms with Gasteiger partial charge in [0.25, 0.3) is 0 Å². The lowest BCUT2D eigenvalue weighted by atomic mass is 9.78. The normalized spacial score (nSPS) is 14.4. The summed E-state index contributed by atoms with van der Waals surface area (Å²) in [4.78, 5) is 12.0. The van der Waals surface area contributed by atoms with E-state index >= 15 is 0 Å². The highest BCUT2D eigenvalue weighted by atomic mass is 19.1. The van der Waals surface area contributed by atoms with Gasteiger partial charge in [-0.15, -0.1) is 0 Å². The molecule has 0 bridgehead atoms. The van der Waals surface area contributed by atoms with Crippen molar-refractivity contribution in [3.8, 4) is 11.3 Å². The van der Waals surface area contributed by atoms with E-state index in [0.29, 0.717) is 12.4 Å². The molecular weight excluding hydrogens is 447 g/mol. The van der Waals surface area contributed by atoms with E-state index in [9.17, 15) is 4.39 Å². The van der Waals surface area contributed by atoms with Gasteiger partial charge in [-0.05, 0) is 72.8 Å². The van der Waals surface area contributed by atoms with Crippen molar-refractivity contribution in [2.24, 2.45) is 0 Å². The van der Waals surface area contributed by atoms with Gasteiger partial charge in [0.05, 0.1) is 5.69 Å². The molecule has 1 aliphatic rings. The SMILES string of the molecule is CCCN(CC)CCc1ccc(Nc2ncc3c(n2)-c2ccccc2C(c2ccccc2F)C3)cc1. The summed E-state index contributed by atoms with van der Waals surface area (Å²) in [5, 5.41) is 3.37. The predicted molar refractivity (Wildman–Crippen MR) is 145 cm³/mol. The Morgan fingerprint density at radius 3 is 2.42 bits per heavy atom. The van der Waals surface area contributed by atoms with Crippen molar-refractivity contribution >= 4 is 11.6 Å². The molecule has 0 saturated carbocycles. The molecule has 4 aromatic rings. The molecule has 1 atom stereocenters. The molecule has 36 heavy (non-hydrogen) atoms. The van der Waals surface area contributed by atoms with Crippen LogP contribution >= 0.6 is 0 Å². The molecule has 0 aliphatic heterocycles. The number of fused-ring (bicyclic) bond motifs is 3. The Balaban J connectivity index is 1.34. The van der Waals surface area contributed by atoms with Crippen LogP contribution in [0.5, 0.6) is 0 Å². The fourth-order valence-corrected chi connectivity index (χ4v) is 5.15. The second kappa shape index (κ2) is 11.0. The number of benzene rings is 3. The molecule has 1 aromatic heterocycles. The van der Waals surface area contributed by atoms with Gasteiger partial charge < -0.3 is 10.2 Å². The summed E-state index contributed by atoms with van der Waals surface area (Å²) >= 11 is 0. The van der Waals surface area contributed by atoms with Crippen LogP contribution in [0.2, 0.25) is 0 Å². The quantitative estimate of drug-likeness (QED) is 0.280. The van der Waals surface area contributed by atoms with Gasteiger partial charge in [-0.2, -0.15) is 0 Å². The first-order chi connectivity index (χ1) is 17.7. The zero-order valence-corrected chi connectivity index (χ0v) is 21.0. The fraction of sp³-hybridized carbons (Fsp3) is 0.290. The second-order valence-electron chi connectivity index (χ2n) is 9.44. The van der Waals surface area contributed by atoms with Gasteiger partial charge in [-0.1, -0.05) is 68.4 Å². The first-order valence-electron chi connectivity index (χ1n) is 12.9. The van der Waals surface area contributed by atoms with Gasteiger partial charge in [0.1, 0.15) is 5.82 Å². The molecule has 0 radical (unpaired) electrons. The summed E-state index contributed by atoms with van der Waals surface area (Å²) in [5.41, 5.74) is 7.11. The Hall–Kier alpha value is -3.57. The van der Waals surface area contributed by atoms with Crippen LogP contribution in [0.1, 0.15) is 48.4 Å². The number of nitrogens with one attached hydrogen (secondary N) is 1. The Morgan fingerprint density at radius 1 is 0.917 bits per heavy atom. The van der Waals surface area contributed by atoms with Crippen LogP contribution in [0.3, 0.4) is 0 Å². The van der Waals surface area contributed by atoms with Gasteiger partial charge in [-0.25, -0.2) is 14.4 Å². The minimum Gasteiger partial charge on any atom is -0.324 e. The standard InChI is InChI=1S/C31H33FN4/c1-3-18-36(4-2)19-17-22-13-15-24(16-14-22)34-31-33-21-23-20-28(26-10-7-8-12-29(26)32)25-9-5-6-11-27(25)30(23)35-31/h5-16,21,28H,3-4,17-20H2,1-2H3,(H,33,34,35). The third-order valence-electron chi connectivity index (χ3n) is 7.07. The summed E-state index contributed by atoms with van der Waals surface area (Å²) in [5.74, 6) is 0.350. The summed E-state index contributed by atoms with van der Waals surface area (Å²) in [7, 11) is 0. The average Bonchev–Trinajstić information content (AvgIpc) is 2.92. The molecule has 0 spiro atoms. The van der Waals surface area contributed by atoms with Crippen molar-refractivity contribution in [1.29, 1.82) is 0 Å². The molecule has 0 amide bonds. The van der Waals surface area contributed by atoms with Crippen LogP contribution in [0.15, 0.2) is 79.0 Å². The van der Waals surface area contributed by atoms with Crippen molar-refractivity contribution in [2.45, 2.75) is 39.0 Å². The molecule has 184 valence electrons. The summed E-state index contributed by atoms with van der Waals surface area (Å²) in [6.07, 6.45) is 4.79. The first kappa shape index (κ1) is 24.1. The molecule has 0 fully saturated rings. The number of likely N-dealkylation sites (N-methyl/N-ethyl adjacent to an activating group) is 1. The third kappa shape index (κ3) is 5.17. The van der Waals surface area contributed by atoms with Gasteiger partial charge >= 0.3 is 0 Å². The van der Waals surface area contributed by atoms with Crippen LogP contribution in [0.25, 0.3) is 11.3 Å². The lowest BCUT2D eigenvalue weighted by molar-refractivity contribution is 0.292. The third-order valence-corrected chi connectivity index (χ3v) is 7.07. The van der Waals surface area contributed by atoms with E-state index in [4.69, 9.17) is 4.98 Å². The molecule has 1 aliphatic carbocycles. The molecular formula is C31H33FN4. The number of nitrogens with zero attached hydrogens (tertiary/aromatic N) is 3. The number of aromatic nitrogens is 2. The van der Waals surface area contributed by atoms with Crippen LogP contribution in [-0.4, -0.2) is 34.5 Å². The lowest BCUT2D eigenvalue weighted by Gasteiger charge is -2.27. The molecule has 3 aromatic carbocycles. The van der Waals surface area contributed by atoms with E-state index < -0.39 is 0 Å². The molecule has 0 saturated heterocycles. The molecule has 5 rings (SSSR count). The highest BCUT2D eigenvalue weighted by Crippen LogP contribution is 2.42. The average molecular weight is 481 g/mol. The zero-order valence-electron chi connectivity index (χ0n) is 21.0. The number of rotatable bonds is 9. The summed E-state index contributed by atoms with van der Waals surface area (Å²) in [6, 6.07) is 23.8. The molecule has 4 nitrogen and oxygen atoms in total. The predicted octanol–water partition coefficient (Wildman–Crippen LogP) is 6.99. The monoisotopic (exact) mass is 480 g/mol. The summed E-state index contributed by atoms with van der Waals surface area (Å²) in [6.45, 7) is 7.77. The highest BCUT2D eigenvalue weighted by molar-refractivity contribution is 5.73. The zero-order chi connectivity index (χ0) is 24.9. The topological polar surface area (TPSA) is 41.0 Å². The van der Waals surface area contributed by atoms with Crippen molar-refractivity contribution in [1.82, 2.24) is 14.9 Å². The molecule has 1 unspecified atom stereocenters. The maximum absolute atomic E-state index is 14.7. The van der Waals surface area contributed by atoms with Crippen LogP contribution < -0.4 is 5.32 Å². The van der Waals surface area contributed by atoms with Crippen molar-refractivity contribution in [3.63, 3.8) is 0 Å². The van der Waals surface area contributed by atoms with Crippen LogP contribution in [-0.2, 0) is 12.8 Å². The Labute approximate surface area is 213 Å². The van der Waals surface area contributed by atoms with Gasteiger partial charge in [0.15, 0.2) is 0 Å². The minimum atomic E-state index is -0.170. The van der Waals surface area contributed by atoms with Gasteiger partial charge in [-0.3, -0.25) is 0 Å². The van der Waals surface area contributed by atoms with Crippen LogP contribution in [0, 0.1) is 5.82 Å². The molecule has 5 heteroatoms. The van der Waals surface area contributed by atoms with Crippen molar-refractivity contribution < 1.29 is 4.39 Å². The van der Waals surface area contributed by atoms with E-state index in [-0.39, 0.29) is 11.7 Å². The van der Waals surface area contributed by atoms with Crippen LogP contribution in [0.4, 0.5) is 16.0 Å². The van der Waals surface area contributed by atoms with Gasteiger partial charge in [0.2, 0.25) is 5.95 Å². The number of halogens is 1. The first-order valence-corrected chi connectivity index (χ1v) is 12.9. The van der Waals surface area contributed by atoms with Gasteiger partial charge in [0, 0.05) is 29.9 Å². The fourth-order valence-electron chi connectivity index (χ4n) is 5.15. The van der Waals surface area contributed by atoms with E-state index in [1.54, 1.807) is 6.07 Å². The van der Waals surface area contributed by atoms with Crippen molar-refractivity contribution in [3.05, 3.63) is 107 Å². The number of anilines is 2. The summed E-state index contributed by atoms with van der Waals surface area (Å²) < 4.78 is 14.7.